The summed E-state index contributed by atoms with van der Waals surface area (Å²) in [5, 5.41) is 4.54. The molecule has 0 atom stereocenters. The normalized spacial score (nSPS) is 19.0. The summed E-state index contributed by atoms with van der Waals surface area (Å²) in [6.45, 7) is 5.83. The van der Waals surface area contributed by atoms with E-state index in [1.54, 1.807) is 7.05 Å². The molecular formula is C17H24N6O. The van der Waals surface area contributed by atoms with Crippen molar-refractivity contribution in [1.29, 1.82) is 0 Å². The summed E-state index contributed by atoms with van der Waals surface area (Å²) in [5.74, 6) is 2.15. The van der Waals surface area contributed by atoms with Crippen LogP contribution in [0.4, 0.5) is 5.95 Å². The molecule has 1 aliphatic heterocycles. The molecule has 2 aliphatic rings. The molecule has 2 aromatic heterocycles. The molecule has 0 spiro atoms. The Bertz CT molecular complexity index is 791. The van der Waals surface area contributed by atoms with E-state index in [2.05, 4.69) is 20.0 Å². The van der Waals surface area contributed by atoms with Gasteiger partial charge in [-0.3, -0.25) is 4.57 Å². The molecule has 0 radical (unpaired) electrons. The van der Waals surface area contributed by atoms with Crippen molar-refractivity contribution < 1.29 is 0 Å². The molecule has 3 heterocycles. The molecule has 0 N–H and O–H groups in total. The molecule has 0 amide bonds. The highest BCUT2D eigenvalue weighted by Gasteiger charge is 2.33. The lowest BCUT2D eigenvalue weighted by Gasteiger charge is -2.31. The largest absolute Gasteiger partial charge is 0.345 e. The molecule has 0 aromatic carbocycles. The zero-order chi connectivity index (χ0) is 16.8. The van der Waals surface area contributed by atoms with Crippen LogP contribution in [-0.2, 0) is 7.05 Å². The molecule has 2 fully saturated rings. The van der Waals surface area contributed by atoms with Crippen LogP contribution in [0.3, 0.4) is 0 Å². The second-order valence-corrected chi connectivity index (χ2v) is 7.08. The van der Waals surface area contributed by atoms with E-state index in [1.807, 2.05) is 24.5 Å². The van der Waals surface area contributed by atoms with Gasteiger partial charge in [0.15, 0.2) is 0 Å². The van der Waals surface area contributed by atoms with Crippen molar-refractivity contribution in [2.75, 3.05) is 18.0 Å². The second-order valence-electron chi connectivity index (χ2n) is 7.08. The van der Waals surface area contributed by atoms with Crippen LogP contribution in [0.15, 0.2) is 10.9 Å². The lowest BCUT2D eigenvalue weighted by atomic mass is 9.96. The molecule has 4 rings (SSSR count). The third-order valence-corrected chi connectivity index (χ3v) is 5.01. The molecule has 128 valence electrons. The van der Waals surface area contributed by atoms with Gasteiger partial charge in [0.1, 0.15) is 5.82 Å². The number of piperidine rings is 1. The van der Waals surface area contributed by atoms with Gasteiger partial charge in [-0.05, 0) is 45.6 Å². The molecule has 7 heteroatoms. The summed E-state index contributed by atoms with van der Waals surface area (Å²) in [6.07, 6.45) is 4.18. The first-order valence-corrected chi connectivity index (χ1v) is 8.75. The first kappa shape index (κ1) is 15.4. The zero-order valence-electron chi connectivity index (χ0n) is 14.6. The standard InChI is InChI=1S/C17H24N6O/c1-11-10-12(2)19-16(18-11)22-8-6-13(7-9-22)15-20-21(3)17(24)23(15)14-4-5-14/h10,13-14H,4-9H2,1-3H3. The Morgan fingerprint density at radius 1 is 1.04 bits per heavy atom. The maximum Gasteiger partial charge on any atom is 0.345 e. The van der Waals surface area contributed by atoms with Crippen molar-refractivity contribution in [2.24, 2.45) is 7.05 Å². The van der Waals surface area contributed by atoms with Crippen molar-refractivity contribution in [2.45, 2.75) is 51.5 Å². The van der Waals surface area contributed by atoms with E-state index in [1.165, 1.54) is 4.68 Å². The predicted molar refractivity (Wildman–Crippen MR) is 91.4 cm³/mol. The predicted octanol–water partition coefficient (Wildman–Crippen LogP) is 1.71. The highest BCUT2D eigenvalue weighted by Crippen LogP contribution is 2.37. The van der Waals surface area contributed by atoms with Gasteiger partial charge in [0, 0.05) is 43.5 Å². The monoisotopic (exact) mass is 328 g/mol. The van der Waals surface area contributed by atoms with E-state index in [9.17, 15) is 4.79 Å². The number of aromatic nitrogens is 5. The van der Waals surface area contributed by atoms with Crippen LogP contribution in [0.25, 0.3) is 0 Å². The Morgan fingerprint density at radius 3 is 2.25 bits per heavy atom. The smallest absolute Gasteiger partial charge is 0.341 e. The minimum Gasteiger partial charge on any atom is -0.341 e. The number of anilines is 1. The van der Waals surface area contributed by atoms with Crippen LogP contribution in [-0.4, -0.2) is 37.4 Å². The van der Waals surface area contributed by atoms with Crippen molar-refractivity contribution in [3.8, 4) is 0 Å². The van der Waals surface area contributed by atoms with Crippen molar-refractivity contribution in [1.82, 2.24) is 24.3 Å². The van der Waals surface area contributed by atoms with E-state index in [0.717, 1.165) is 61.9 Å². The van der Waals surface area contributed by atoms with E-state index in [-0.39, 0.29) is 5.69 Å². The third kappa shape index (κ3) is 2.72. The van der Waals surface area contributed by atoms with Crippen LogP contribution in [0.5, 0.6) is 0 Å². The molecular weight excluding hydrogens is 304 g/mol. The number of nitrogens with zero attached hydrogens (tertiary/aromatic N) is 6. The average Bonchev–Trinajstić information content (AvgIpc) is 3.33. The second kappa shape index (κ2) is 5.72. The molecule has 1 saturated heterocycles. The number of hydrogen-bond donors (Lipinski definition) is 0. The summed E-state index contributed by atoms with van der Waals surface area (Å²) in [5.41, 5.74) is 2.05. The summed E-state index contributed by atoms with van der Waals surface area (Å²) in [6, 6.07) is 2.38. The van der Waals surface area contributed by atoms with Gasteiger partial charge in [-0.25, -0.2) is 19.4 Å². The first-order valence-electron chi connectivity index (χ1n) is 8.75. The Balaban J connectivity index is 1.52. The molecule has 0 bridgehead atoms. The van der Waals surface area contributed by atoms with Crippen LogP contribution < -0.4 is 10.6 Å². The Morgan fingerprint density at radius 2 is 1.67 bits per heavy atom. The zero-order valence-corrected chi connectivity index (χ0v) is 14.6. The minimum absolute atomic E-state index is 0.0348. The van der Waals surface area contributed by atoms with Crippen LogP contribution >= 0.6 is 0 Å². The first-order chi connectivity index (χ1) is 11.5. The number of rotatable bonds is 3. The van der Waals surface area contributed by atoms with Gasteiger partial charge in [-0.2, -0.15) is 5.10 Å². The van der Waals surface area contributed by atoms with Crippen molar-refractivity contribution >= 4 is 5.95 Å². The summed E-state index contributed by atoms with van der Waals surface area (Å²) >= 11 is 0. The van der Waals surface area contributed by atoms with Crippen LogP contribution in [0.2, 0.25) is 0 Å². The van der Waals surface area contributed by atoms with Gasteiger partial charge in [0.05, 0.1) is 0 Å². The highest BCUT2D eigenvalue weighted by atomic mass is 16.2. The maximum atomic E-state index is 12.3. The molecule has 0 unspecified atom stereocenters. The molecule has 1 saturated carbocycles. The number of aryl methyl sites for hydroxylation is 3. The van der Waals surface area contributed by atoms with Gasteiger partial charge >= 0.3 is 5.69 Å². The van der Waals surface area contributed by atoms with Gasteiger partial charge in [-0.1, -0.05) is 0 Å². The molecule has 1 aliphatic carbocycles. The number of hydrogen-bond acceptors (Lipinski definition) is 5. The van der Waals surface area contributed by atoms with Gasteiger partial charge in [-0.15, -0.1) is 0 Å². The summed E-state index contributed by atoms with van der Waals surface area (Å²) in [7, 11) is 1.75. The van der Waals surface area contributed by atoms with Crippen LogP contribution in [0.1, 0.15) is 54.9 Å². The fourth-order valence-corrected chi connectivity index (χ4v) is 3.64. The van der Waals surface area contributed by atoms with E-state index < -0.39 is 0 Å². The fourth-order valence-electron chi connectivity index (χ4n) is 3.64. The quantitative estimate of drug-likeness (QED) is 0.858. The molecule has 2 aromatic rings. The lowest BCUT2D eigenvalue weighted by Crippen LogP contribution is -2.35. The Labute approximate surface area is 141 Å². The highest BCUT2D eigenvalue weighted by molar-refractivity contribution is 5.33. The lowest BCUT2D eigenvalue weighted by molar-refractivity contribution is 0.458. The topological polar surface area (TPSA) is 68.8 Å². The maximum absolute atomic E-state index is 12.3. The van der Waals surface area contributed by atoms with Crippen LogP contribution in [0, 0.1) is 13.8 Å². The van der Waals surface area contributed by atoms with Gasteiger partial charge in [0.25, 0.3) is 0 Å². The fraction of sp³-hybridized carbons (Fsp3) is 0.647. The Kier molecular flexibility index (Phi) is 3.66. The third-order valence-electron chi connectivity index (χ3n) is 5.01. The Hall–Kier alpha value is -2.18. The van der Waals surface area contributed by atoms with E-state index in [0.29, 0.717) is 12.0 Å². The molecule has 24 heavy (non-hydrogen) atoms. The van der Waals surface area contributed by atoms with Crippen molar-refractivity contribution in [3.63, 3.8) is 0 Å². The molecule has 7 nitrogen and oxygen atoms in total. The summed E-state index contributed by atoms with van der Waals surface area (Å²) in [4.78, 5) is 23.7. The van der Waals surface area contributed by atoms with E-state index >= 15 is 0 Å². The van der Waals surface area contributed by atoms with Gasteiger partial charge in [0.2, 0.25) is 5.95 Å². The van der Waals surface area contributed by atoms with Crippen molar-refractivity contribution in [3.05, 3.63) is 33.8 Å². The minimum atomic E-state index is 0.0348. The van der Waals surface area contributed by atoms with Gasteiger partial charge < -0.3 is 4.90 Å². The van der Waals surface area contributed by atoms with E-state index in [4.69, 9.17) is 0 Å². The SMILES string of the molecule is Cc1cc(C)nc(N2CCC(c3nn(C)c(=O)n3C3CC3)CC2)n1. The average molecular weight is 328 g/mol. The summed E-state index contributed by atoms with van der Waals surface area (Å²) < 4.78 is 3.43.